The molecule has 1 aromatic carbocycles. The van der Waals surface area contributed by atoms with E-state index >= 15 is 0 Å². The molecular weight excluding hydrogens is 303 g/mol. The zero-order valence-electron chi connectivity index (χ0n) is 12.4. The number of benzene rings is 1. The van der Waals surface area contributed by atoms with E-state index in [1.165, 1.54) is 5.56 Å². The van der Waals surface area contributed by atoms with Crippen LogP contribution in [0.4, 0.5) is 0 Å². The molecule has 2 aromatic rings. The molecule has 21 heavy (non-hydrogen) atoms. The molecule has 0 aliphatic heterocycles. The van der Waals surface area contributed by atoms with Crippen molar-refractivity contribution in [3.8, 4) is 0 Å². The maximum absolute atomic E-state index is 6.13. The van der Waals surface area contributed by atoms with E-state index in [-0.39, 0.29) is 6.04 Å². The first-order valence-electron chi connectivity index (χ1n) is 7.20. The zero-order chi connectivity index (χ0) is 15.2. The lowest BCUT2D eigenvalue weighted by molar-refractivity contribution is 0.523. The number of nitrogens with zero attached hydrogens (tertiary/aromatic N) is 1. The third kappa shape index (κ3) is 4.70. The standard InChI is InChI=1S/C17H20Cl2N2/c1-3-6-20-17(11-16-12(2)5-4-7-21-16)13-8-14(18)10-15(19)9-13/h4-5,7-10,17,20H,3,6,11H2,1-2H3. The molecule has 0 saturated carbocycles. The van der Waals surface area contributed by atoms with Crippen molar-refractivity contribution in [2.45, 2.75) is 32.7 Å². The second-order valence-electron chi connectivity index (χ2n) is 5.18. The zero-order valence-corrected chi connectivity index (χ0v) is 13.9. The minimum absolute atomic E-state index is 0.162. The van der Waals surface area contributed by atoms with Gasteiger partial charge in [-0.25, -0.2) is 0 Å². The smallest absolute Gasteiger partial charge is 0.0451 e. The van der Waals surface area contributed by atoms with Crippen LogP contribution in [0, 0.1) is 6.92 Å². The van der Waals surface area contributed by atoms with Crippen LogP contribution in [-0.4, -0.2) is 11.5 Å². The van der Waals surface area contributed by atoms with Crippen molar-refractivity contribution in [1.29, 1.82) is 0 Å². The Morgan fingerprint density at radius 3 is 2.52 bits per heavy atom. The van der Waals surface area contributed by atoms with Crippen molar-refractivity contribution in [2.24, 2.45) is 0 Å². The van der Waals surface area contributed by atoms with Crippen LogP contribution in [0.1, 0.15) is 36.2 Å². The third-order valence-corrected chi connectivity index (χ3v) is 3.88. The highest BCUT2D eigenvalue weighted by molar-refractivity contribution is 6.34. The summed E-state index contributed by atoms with van der Waals surface area (Å²) in [4.78, 5) is 4.49. The van der Waals surface area contributed by atoms with Crippen LogP contribution in [0.3, 0.4) is 0 Å². The van der Waals surface area contributed by atoms with Crippen molar-refractivity contribution in [1.82, 2.24) is 10.3 Å². The van der Waals surface area contributed by atoms with E-state index in [9.17, 15) is 0 Å². The molecule has 0 spiro atoms. The Balaban J connectivity index is 2.27. The van der Waals surface area contributed by atoms with Crippen LogP contribution in [0.25, 0.3) is 0 Å². The summed E-state index contributed by atoms with van der Waals surface area (Å²) in [7, 11) is 0. The molecular formula is C17H20Cl2N2. The van der Waals surface area contributed by atoms with Crippen molar-refractivity contribution in [3.63, 3.8) is 0 Å². The first-order chi connectivity index (χ1) is 10.1. The molecule has 0 fully saturated rings. The summed E-state index contributed by atoms with van der Waals surface area (Å²) in [6, 6.07) is 9.91. The fourth-order valence-corrected chi connectivity index (χ4v) is 2.87. The Morgan fingerprint density at radius 1 is 1.19 bits per heavy atom. The highest BCUT2D eigenvalue weighted by Crippen LogP contribution is 2.26. The predicted octanol–water partition coefficient (Wildman–Crippen LogP) is 4.98. The summed E-state index contributed by atoms with van der Waals surface area (Å²) in [5.74, 6) is 0. The molecule has 0 aliphatic rings. The van der Waals surface area contributed by atoms with Crippen LogP contribution in [-0.2, 0) is 6.42 Å². The van der Waals surface area contributed by atoms with Crippen LogP contribution < -0.4 is 5.32 Å². The number of aromatic nitrogens is 1. The molecule has 1 atom stereocenters. The number of pyridine rings is 1. The second kappa shape index (κ2) is 7.79. The molecule has 1 N–H and O–H groups in total. The van der Waals surface area contributed by atoms with Gasteiger partial charge in [0.2, 0.25) is 0 Å². The van der Waals surface area contributed by atoms with Crippen molar-refractivity contribution < 1.29 is 0 Å². The Bertz CT molecular complexity index is 579. The highest BCUT2D eigenvalue weighted by Gasteiger charge is 2.15. The Morgan fingerprint density at radius 2 is 1.90 bits per heavy atom. The van der Waals surface area contributed by atoms with Crippen molar-refractivity contribution >= 4 is 23.2 Å². The molecule has 112 valence electrons. The molecule has 0 bridgehead atoms. The van der Waals surface area contributed by atoms with Gasteiger partial charge in [-0.05, 0) is 55.3 Å². The van der Waals surface area contributed by atoms with Gasteiger partial charge in [0.1, 0.15) is 0 Å². The van der Waals surface area contributed by atoms with Crippen LogP contribution in [0.15, 0.2) is 36.5 Å². The van der Waals surface area contributed by atoms with Crippen LogP contribution in [0.2, 0.25) is 10.0 Å². The van der Waals surface area contributed by atoms with Crippen LogP contribution >= 0.6 is 23.2 Å². The van der Waals surface area contributed by atoms with Gasteiger partial charge < -0.3 is 5.32 Å². The fourth-order valence-electron chi connectivity index (χ4n) is 2.33. The summed E-state index contributed by atoms with van der Waals surface area (Å²) in [6.45, 7) is 5.19. The average Bonchev–Trinajstić information content (AvgIpc) is 2.44. The lowest BCUT2D eigenvalue weighted by atomic mass is 9.99. The monoisotopic (exact) mass is 322 g/mol. The number of halogens is 2. The fraction of sp³-hybridized carbons (Fsp3) is 0.353. The summed E-state index contributed by atoms with van der Waals surface area (Å²) in [5.41, 5.74) is 3.40. The maximum atomic E-state index is 6.13. The molecule has 1 heterocycles. The maximum Gasteiger partial charge on any atom is 0.0451 e. The molecule has 0 radical (unpaired) electrons. The van der Waals surface area contributed by atoms with E-state index in [0.717, 1.165) is 30.6 Å². The minimum Gasteiger partial charge on any atom is -0.310 e. The number of aryl methyl sites for hydroxylation is 1. The number of nitrogens with one attached hydrogen (secondary N) is 1. The molecule has 0 amide bonds. The van der Waals surface area contributed by atoms with Gasteiger partial charge in [-0.15, -0.1) is 0 Å². The summed E-state index contributed by atoms with van der Waals surface area (Å²) in [5, 5.41) is 4.89. The van der Waals surface area contributed by atoms with E-state index < -0.39 is 0 Å². The molecule has 2 nitrogen and oxygen atoms in total. The normalized spacial score (nSPS) is 12.4. The number of hydrogen-bond donors (Lipinski definition) is 1. The number of hydrogen-bond acceptors (Lipinski definition) is 2. The largest absolute Gasteiger partial charge is 0.310 e. The molecule has 1 aromatic heterocycles. The molecule has 2 rings (SSSR count). The lowest BCUT2D eigenvalue weighted by Gasteiger charge is -2.20. The van der Waals surface area contributed by atoms with Gasteiger partial charge in [-0.3, -0.25) is 4.98 Å². The van der Waals surface area contributed by atoms with E-state index in [1.54, 1.807) is 6.07 Å². The predicted molar refractivity (Wildman–Crippen MR) is 90.2 cm³/mol. The van der Waals surface area contributed by atoms with E-state index in [0.29, 0.717) is 10.0 Å². The van der Waals surface area contributed by atoms with Gasteiger partial charge in [0.15, 0.2) is 0 Å². The van der Waals surface area contributed by atoms with E-state index in [4.69, 9.17) is 23.2 Å². The summed E-state index contributed by atoms with van der Waals surface area (Å²) < 4.78 is 0. The highest BCUT2D eigenvalue weighted by atomic mass is 35.5. The van der Waals surface area contributed by atoms with Gasteiger partial charge in [-0.1, -0.05) is 36.2 Å². The first kappa shape index (κ1) is 16.3. The Kier molecular flexibility index (Phi) is 6.04. The van der Waals surface area contributed by atoms with Gasteiger partial charge in [0, 0.05) is 34.4 Å². The van der Waals surface area contributed by atoms with Crippen molar-refractivity contribution in [2.75, 3.05) is 6.54 Å². The van der Waals surface area contributed by atoms with Crippen molar-refractivity contribution in [3.05, 3.63) is 63.4 Å². The van der Waals surface area contributed by atoms with E-state index in [2.05, 4.69) is 30.2 Å². The number of rotatable bonds is 6. The first-order valence-corrected chi connectivity index (χ1v) is 7.95. The average molecular weight is 323 g/mol. The Hall–Kier alpha value is -1.09. The van der Waals surface area contributed by atoms with Gasteiger partial charge in [0.05, 0.1) is 0 Å². The Labute approximate surface area is 136 Å². The van der Waals surface area contributed by atoms with Gasteiger partial charge in [-0.2, -0.15) is 0 Å². The second-order valence-corrected chi connectivity index (χ2v) is 6.05. The lowest BCUT2D eigenvalue weighted by Crippen LogP contribution is -2.24. The van der Waals surface area contributed by atoms with Gasteiger partial charge >= 0.3 is 0 Å². The summed E-state index contributed by atoms with van der Waals surface area (Å²) in [6.07, 6.45) is 3.74. The quantitative estimate of drug-likeness (QED) is 0.811. The van der Waals surface area contributed by atoms with Crippen LogP contribution in [0.5, 0.6) is 0 Å². The van der Waals surface area contributed by atoms with E-state index in [1.807, 2.05) is 24.4 Å². The summed E-state index contributed by atoms with van der Waals surface area (Å²) >= 11 is 12.3. The SMILES string of the molecule is CCCNC(Cc1ncccc1C)c1cc(Cl)cc(Cl)c1. The molecule has 4 heteroatoms. The molecule has 1 unspecified atom stereocenters. The topological polar surface area (TPSA) is 24.9 Å². The van der Waals surface area contributed by atoms with Gasteiger partial charge in [0.25, 0.3) is 0 Å². The molecule has 0 aliphatic carbocycles. The molecule has 0 saturated heterocycles. The minimum atomic E-state index is 0.162. The third-order valence-electron chi connectivity index (χ3n) is 3.44.